The Balaban J connectivity index is 1.19. The van der Waals surface area contributed by atoms with E-state index in [-0.39, 0.29) is 18.4 Å². The van der Waals surface area contributed by atoms with Gasteiger partial charge in [0.15, 0.2) is 23.0 Å². The second-order valence-electron chi connectivity index (χ2n) is 8.56. The third kappa shape index (κ3) is 7.68. The molecular weight excluding hydrogens is 523 g/mol. The molecule has 0 aliphatic rings. The molecule has 2 aromatic heterocycles. The van der Waals surface area contributed by atoms with E-state index >= 15 is 0 Å². The number of carbonyl (C=O) groups is 1. The molecule has 206 valence electrons. The maximum atomic E-state index is 12.6. The number of imidazole rings is 1. The first-order valence-corrected chi connectivity index (χ1v) is 13.8. The monoisotopic (exact) mass is 554 g/mol. The first-order valence-electron chi connectivity index (χ1n) is 12.3. The van der Waals surface area contributed by atoms with Crippen LogP contribution in [0.25, 0.3) is 11.2 Å². The van der Waals surface area contributed by atoms with Gasteiger partial charge in [0, 0.05) is 12.1 Å². The van der Waals surface area contributed by atoms with Crippen LogP contribution in [0.5, 0.6) is 17.2 Å². The van der Waals surface area contributed by atoms with E-state index in [4.69, 9.17) is 24.5 Å². The lowest BCUT2D eigenvalue weighted by molar-refractivity contribution is 0.0851. The number of nitrogen functional groups attached to an aromatic ring is 1. The van der Waals surface area contributed by atoms with Gasteiger partial charge in [-0.15, -0.1) is 0 Å². The van der Waals surface area contributed by atoms with E-state index in [0.717, 1.165) is 0 Å². The molecule has 12 nitrogen and oxygen atoms in total. The lowest BCUT2D eigenvalue weighted by atomic mass is 10.2. The molecular formula is C26H31N6O6P. The van der Waals surface area contributed by atoms with Crippen molar-refractivity contribution in [2.45, 2.75) is 26.0 Å². The fourth-order valence-electron chi connectivity index (χ4n) is 3.68. The highest BCUT2D eigenvalue weighted by molar-refractivity contribution is 7.39. The number of carbonyl (C=O) groups excluding carboxylic acids is 1. The van der Waals surface area contributed by atoms with Crippen LogP contribution in [0.3, 0.4) is 0 Å². The summed E-state index contributed by atoms with van der Waals surface area (Å²) >= 11 is 0. The number of amides is 1. The van der Waals surface area contributed by atoms with Gasteiger partial charge in [0.05, 0.1) is 32.7 Å². The summed E-state index contributed by atoms with van der Waals surface area (Å²) in [5.41, 5.74) is 7.51. The van der Waals surface area contributed by atoms with Gasteiger partial charge in [-0.2, -0.15) is 0 Å². The summed E-state index contributed by atoms with van der Waals surface area (Å²) in [4.78, 5) is 24.6. The molecule has 4 rings (SSSR count). The summed E-state index contributed by atoms with van der Waals surface area (Å²) in [5.74, 6) is 1.66. The first-order chi connectivity index (χ1) is 18.9. The summed E-state index contributed by atoms with van der Waals surface area (Å²) in [6.07, 6.45) is 3.22. The van der Waals surface area contributed by atoms with Crippen LogP contribution >= 0.6 is 8.03 Å². The van der Waals surface area contributed by atoms with Gasteiger partial charge in [-0.3, -0.25) is 9.36 Å². The molecule has 3 N–H and O–H groups in total. The Morgan fingerprint density at radius 2 is 1.87 bits per heavy atom. The quantitative estimate of drug-likeness (QED) is 0.175. The zero-order valence-electron chi connectivity index (χ0n) is 21.7. The molecule has 2 atom stereocenters. The first kappa shape index (κ1) is 27.9. The normalized spacial score (nSPS) is 12.6. The Morgan fingerprint density at radius 3 is 2.64 bits per heavy atom. The SMILES string of the molecule is COc1ccc(C(=O)NCCCOc2ccccc2O[PH](=O)COC(C)Cn2cnc3c(N)ncnc32)cc1. The molecule has 0 fully saturated rings. The number of ether oxygens (including phenoxy) is 3. The van der Waals surface area contributed by atoms with E-state index in [1.807, 2.05) is 6.92 Å². The van der Waals surface area contributed by atoms with Crippen molar-refractivity contribution < 1.29 is 28.1 Å². The number of para-hydroxylation sites is 2. The van der Waals surface area contributed by atoms with Gasteiger partial charge in [0.25, 0.3) is 13.9 Å². The summed E-state index contributed by atoms with van der Waals surface area (Å²) in [6, 6.07) is 13.9. The van der Waals surface area contributed by atoms with Crippen LogP contribution in [-0.2, 0) is 15.8 Å². The van der Waals surface area contributed by atoms with Crippen molar-refractivity contribution in [2.75, 3.05) is 32.3 Å². The Kier molecular flexibility index (Phi) is 9.71. The minimum atomic E-state index is -2.56. The van der Waals surface area contributed by atoms with Crippen LogP contribution in [0.1, 0.15) is 23.7 Å². The van der Waals surface area contributed by atoms with Gasteiger partial charge in [-0.1, -0.05) is 12.1 Å². The number of hydrogen-bond donors (Lipinski definition) is 2. The van der Waals surface area contributed by atoms with Crippen molar-refractivity contribution >= 4 is 30.9 Å². The molecule has 0 aliphatic carbocycles. The van der Waals surface area contributed by atoms with Crippen LogP contribution in [-0.4, -0.2) is 58.1 Å². The minimum absolute atomic E-state index is 0.0681. The number of aromatic nitrogens is 4. The predicted molar refractivity (Wildman–Crippen MR) is 147 cm³/mol. The molecule has 0 spiro atoms. The molecule has 0 saturated heterocycles. The summed E-state index contributed by atoms with van der Waals surface area (Å²) in [5, 5.41) is 2.85. The Bertz CT molecular complexity index is 1410. The van der Waals surface area contributed by atoms with Crippen LogP contribution in [0.15, 0.2) is 61.2 Å². The Labute approximate surface area is 226 Å². The largest absolute Gasteiger partial charge is 0.497 e. The fraction of sp³-hybridized carbons (Fsp3) is 0.308. The van der Waals surface area contributed by atoms with Crippen molar-refractivity contribution in [3.63, 3.8) is 0 Å². The predicted octanol–water partition coefficient (Wildman–Crippen LogP) is 3.53. The molecule has 2 unspecified atom stereocenters. The fourth-order valence-corrected chi connectivity index (χ4v) is 4.57. The van der Waals surface area contributed by atoms with Crippen LogP contribution in [0.4, 0.5) is 5.82 Å². The summed E-state index contributed by atoms with van der Waals surface area (Å²) < 4.78 is 36.7. The lowest BCUT2D eigenvalue weighted by Gasteiger charge is -2.16. The Hall–Kier alpha value is -4.15. The maximum absolute atomic E-state index is 12.6. The highest BCUT2D eigenvalue weighted by atomic mass is 31.1. The number of benzene rings is 2. The maximum Gasteiger partial charge on any atom is 0.261 e. The average Bonchev–Trinajstić information content (AvgIpc) is 3.36. The molecule has 39 heavy (non-hydrogen) atoms. The summed E-state index contributed by atoms with van der Waals surface area (Å²) in [7, 11) is -0.981. The smallest absolute Gasteiger partial charge is 0.261 e. The second-order valence-corrected chi connectivity index (χ2v) is 9.79. The Morgan fingerprint density at radius 1 is 1.10 bits per heavy atom. The minimum Gasteiger partial charge on any atom is -0.497 e. The van der Waals surface area contributed by atoms with Crippen molar-refractivity contribution in [1.29, 1.82) is 0 Å². The number of hydrogen-bond acceptors (Lipinski definition) is 10. The third-order valence-corrected chi connectivity index (χ3v) is 6.51. The highest BCUT2D eigenvalue weighted by Gasteiger charge is 2.14. The number of nitrogens with zero attached hydrogens (tertiary/aromatic N) is 4. The molecule has 4 aromatic rings. The third-order valence-electron chi connectivity index (χ3n) is 5.66. The number of fused-ring (bicyclic) bond motifs is 1. The molecule has 2 aromatic carbocycles. The zero-order chi connectivity index (χ0) is 27.6. The van der Waals surface area contributed by atoms with E-state index < -0.39 is 8.03 Å². The van der Waals surface area contributed by atoms with Crippen LogP contribution in [0, 0.1) is 0 Å². The van der Waals surface area contributed by atoms with E-state index in [2.05, 4.69) is 20.3 Å². The molecule has 0 saturated carbocycles. The molecule has 0 aliphatic heterocycles. The van der Waals surface area contributed by atoms with Crippen LogP contribution < -0.4 is 25.0 Å². The molecule has 13 heteroatoms. The molecule has 0 radical (unpaired) electrons. The lowest BCUT2D eigenvalue weighted by Crippen LogP contribution is -2.25. The topological polar surface area (TPSA) is 153 Å². The van der Waals surface area contributed by atoms with Gasteiger partial charge in [-0.25, -0.2) is 15.0 Å². The van der Waals surface area contributed by atoms with Gasteiger partial charge in [0.1, 0.15) is 23.9 Å². The van der Waals surface area contributed by atoms with Crippen molar-refractivity contribution in [3.8, 4) is 17.2 Å². The summed E-state index contributed by atoms with van der Waals surface area (Å²) in [6.45, 7) is 3.07. The molecule has 0 bridgehead atoms. The van der Waals surface area contributed by atoms with Crippen molar-refractivity contribution in [3.05, 3.63) is 66.7 Å². The second kappa shape index (κ2) is 13.6. The molecule has 2 heterocycles. The van der Waals surface area contributed by atoms with Crippen molar-refractivity contribution in [2.24, 2.45) is 0 Å². The number of nitrogens with one attached hydrogen (secondary N) is 1. The number of nitrogens with two attached hydrogens (primary N) is 1. The van der Waals surface area contributed by atoms with Crippen LogP contribution in [0.2, 0.25) is 0 Å². The molecule has 1 amide bonds. The van der Waals surface area contributed by atoms with E-state index in [1.165, 1.54) is 6.33 Å². The van der Waals surface area contributed by atoms with E-state index in [0.29, 0.717) is 65.9 Å². The van der Waals surface area contributed by atoms with Gasteiger partial charge in [-0.05, 0) is 49.7 Å². The average molecular weight is 555 g/mol. The standard InChI is InChI=1S/C26H31N6O6P/c1-18(14-32-16-31-23-24(27)29-15-30-25(23)32)37-17-39(34)38-22-7-4-3-6-21(22)36-13-5-12-28-26(33)19-8-10-20(35-2)11-9-19/h3-4,6-11,15-16,18,39H,5,12-14,17H2,1-2H3,(H,28,33)(H2,27,29,30). The number of rotatable bonds is 14. The highest BCUT2D eigenvalue weighted by Crippen LogP contribution is 2.35. The van der Waals surface area contributed by atoms with Gasteiger partial charge < -0.3 is 34.4 Å². The van der Waals surface area contributed by atoms with Crippen molar-refractivity contribution in [1.82, 2.24) is 24.8 Å². The zero-order valence-corrected chi connectivity index (χ0v) is 22.7. The van der Waals surface area contributed by atoms with E-state index in [1.54, 1.807) is 66.5 Å². The van der Waals surface area contributed by atoms with E-state index in [9.17, 15) is 9.36 Å². The van der Waals surface area contributed by atoms with Gasteiger partial charge in [0.2, 0.25) is 0 Å². The number of anilines is 1. The number of methoxy groups -OCH3 is 1. The van der Waals surface area contributed by atoms with Gasteiger partial charge >= 0.3 is 0 Å².